The van der Waals surface area contributed by atoms with Gasteiger partial charge in [-0.3, -0.25) is 15.0 Å². The average Bonchev–Trinajstić information content (AvgIpc) is 2.64. The second-order valence-electron chi connectivity index (χ2n) is 6.61. The van der Waals surface area contributed by atoms with E-state index in [0.29, 0.717) is 18.7 Å². The number of halogens is 3. The van der Waals surface area contributed by atoms with E-state index in [0.717, 1.165) is 24.2 Å². The van der Waals surface area contributed by atoms with Crippen LogP contribution in [0.1, 0.15) is 22.7 Å². The number of ether oxygens (including phenoxy) is 1. The topological polar surface area (TPSA) is 67.6 Å². The molecule has 0 aliphatic carbocycles. The molecule has 1 fully saturated rings. The molecule has 0 spiro atoms. The van der Waals surface area contributed by atoms with Crippen molar-refractivity contribution in [3.05, 3.63) is 69.3 Å². The predicted molar refractivity (Wildman–Crippen MR) is 97.2 cm³/mol. The molecule has 1 saturated heterocycles. The maximum atomic E-state index is 12.4. The van der Waals surface area contributed by atoms with Gasteiger partial charge in [0.2, 0.25) is 0 Å². The molecule has 0 radical (unpaired) electrons. The van der Waals surface area contributed by atoms with Crippen LogP contribution in [0.4, 0.5) is 18.9 Å². The fraction of sp³-hybridized carbons (Fsp3) is 0.368. The van der Waals surface area contributed by atoms with Gasteiger partial charge in [-0.2, -0.15) is 0 Å². The van der Waals surface area contributed by atoms with Crippen LogP contribution in [-0.4, -0.2) is 42.4 Å². The first kappa shape index (κ1) is 20.1. The lowest BCUT2D eigenvalue weighted by Crippen LogP contribution is -2.45. The van der Waals surface area contributed by atoms with Crippen molar-refractivity contribution in [3.8, 4) is 5.75 Å². The van der Waals surface area contributed by atoms with Crippen LogP contribution in [0.2, 0.25) is 0 Å². The van der Waals surface area contributed by atoms with E-state index in [4.69, 9.17) is 0 Å². The molecule has 1 atom stereocenters. The normalized spacial score (nSPS) is 16.6. The van der Waals surface area contributed by atoms with Crippen LogP contribution in [0.3, 0.4) is 0 Å². The monoisotopic (exact) mass is 395 g/mol. The largest absolute Gasteiger partial charge is 0.573 e. The van der Waals surface area contributed by atoms with E-state index in [1.54, 1.807) is 31.2 Å². The summed E-state index contributed by atoms with van der Waals surface area (Å²) in [7, 11) is 0. The van der Waals surface area contributed by atoms with Crippen LogP contribution in [-0.2, 0) is 0 Å². The zero-order valence-electron chi connectivity index (χ0n) is 15.2. The highest BCUT2D eigenvalue weighted by Gasteiger charge is 2.31. The summed E-state index contributed by atoms with van der Waals surface area (Å²) < 4.78 is 41.2. The number of piperazine rings is 1. The highest BCUT2D eigenvalue weighted by Crippen LogP contribution is 2.33. The Morgan fingerprint density at radius 3 is 2.29 bits per heavy atom. The first-order valence-corrected chi connectivity index (χ1v) is 8.80. The zero-order chi connectivity index (χ0) is 20.3. The molecular formula is C19H20F3N3O3. The molecule has 1 aliphatic heterocycles. The average molecular weight is 395 g/mol. The number of aryl methyl sites for hydroxylation is 1. The molecule has 2 aromatic carbocycles. The molecule has 0 saturated carbocycles. The van der Waals surface area contributed by atoms with Gasteiger partial charge in [0.15, 0.2) is 0 Å². The molecule has 3 rings (SSSR count). The SMILES string of the molecule is Cc1ccc([C@H](c2ccc(OC(F)(F)F)cc2)N2CCNCC2)cc1[N+](=O)[O-]. The number of hydrogen-bond donors (Lipinski definition) is 1. The van der Waals surface area contributed by atoms with Gasteiger partial charge in [-0.1, -0.05) is 24.3 Å². The van der Waals surface area contributed by atoms with E-state index < -0.39 is 11.3 Å². The minimum atomic E-state index is -4.75. The molecule has 1 aliphatic rings. The van der Waals surface area contributed by atoms with Crippen molar-refractivity contribution >= 4 is 5.69 Å². The standard InChI is InChI=1S/C19H20F3N3O3/c1-13-2-3-15(12-17(13)25(26)27)18(24-10-8-23-9-11-24)14-4-6-16(7-5-14)28-19(20,21)22/h2-7,12,18,23H,8-11H2,1H3/t18-/m0/s1. The Morgan fingerprint density at radius 2 is 1.71 bits per heavy atom. The van der Waals surface area contributed by atoms with Gasteiger partial charge in [0.1, 0.15) is 5.75 Å². The van der Waals surface area contributed by atoms with Crippen molar-refractivity contribution in [2.45, 2.75) is 19.3 Å². The van der Waals surface area contributed by atoms with Crippen molar-refractivity contribution in [1.29, 1.82) is 0 Å². The first-order chi connectivity index (χ1) is 13.2. The molecule has 1 heterocycles. The first-order valence-electron chi connectivity index (χ1n) is 8.80. The number of nitrogens with zero attached hydrogens (tertiary/aromatic N) is 2. The Hall–Kier alpha value is -2.65. The smallest absolute Gasteiger partial charge is 0.406 e. The molecular weight excluding hydrogens is 375 g/mol. The highest BCUT2D eigenvalue weighted by atomic mass is 19.4. The van der Waals surface area contributed by atoms with Crippen molar-refractivity contribution in [2.24, 2.45) is 0 Å². The third kappa shape index (κ3) is 4.79. The van der Waals surface area contributed by atoms with Crippen LogP contribution in [0.5, 0.6) is 5.75 Å². The number of hydrogen-bond acceptors (Lipinski definition) is 5. The van der Waals surface area contributed by atoms with Gasteiger partial charge >= 0.3 is 6.36 Å². The number of nitrogens with one attached hydrogen (secondary N) is 1. The molecule has 9 heteroatoms. The minimum absolute atomic E-state index is 0.0228. The fourth-order valence-electron chi connectivity index (χ4n) is 3.40. The summed E-state index contributed by atoms with van der Waals surface area (Å²) in [4.78, 5) is 13.1. The minimum Gasteiger partial charge on any atom is -0.406 e. The van der Waals surface area contributed by atoms with E-state index in [2.05, 4.69) is 15.0 Å². The third-order valence-electron chi connectivity index (χ3n) is 4.69. The van der Waals surface area contributed by atoms with E-state index in [1.807, 2.05) is 6.07 Å². The lowest BCUT2D eigenvalue weighted by molar-refractivity contribution is -0.385. The van der Waals surface area contributed by atoms with Gasteiger partial charge in [0.05, 0.1) is 11.0 Å². The van der Waals surface area contributed by atoms with E-state index in [1.165, 1.54) is 12.1 Å². The molecule has 0 bridgehead atoms. The van der Waals surface area contributed by atoms with Gasteiger partial charge in [-0.15, -0.1) is 13.2 Å². The second kappa shape index (κ2) is 8.15. The third-order valence-corrected chi connectivity index (χ3v) is 4.69. The van der Waals surface area contributed by atoms with E-state index in [-0.39, 0.29) is 17.5 Å². The van der Waals surface area contributed by atoms with Crippen LogP contribution >= 0.6 is 0 Å². The molecule has 0 unspecified atom stereocenters. The van der Waals surface area contributed by atoms with Gasteiger partial charge in [0.25, 0.3) is 5.69 Å². The molecule has 6 nitrogen and oxygen atoms in total. The summed E-state index contributed by atoms with van der Waals surface area (Å²) in [5, 5.41) is 14.6. The Balaban J connectivity index is 1.98. The Kier molecular flexibility index (Phi) is 5.85. The number of nitro groups is 1. The quantitative estimate of drug-likeness (QED) is 0.616. The van der Waals surface area contributed by atoms with Gasteiger partial charge in [-0.25, -0.2) is 0 Å². The van der Waals surface area contributed by atoms with Crippen molar-refractivity contribution < 1.29 is 22.8 Å². The number of rotatable bonds is 5. The number of benzene rings is 2. The molecule has 1 N–H and O–H groups in total. The van der Waals surface area contributed by atoms with Crippen molar-refractivity contribution in [3.63, 3.8) is 0 Å². The Labute approximate surface area is 160 Å². The summed E-state index contributed by atoms with van der Waals surface area (Å²) in [6, 6.07) is 10.4. The lowest BCUT2D eigenvalue weighted by atomic mass is 9.95. The summed E-state index contributed by atoms with van der Waals surface area (Å²) in [5.41, 5.74) is 2.05. The summed E-state index contributed by atoms with van der Waals surface area (Å²) >= 11 is 0. The van der Waals surface area contributed by atoms with Crippen LogP contribution < -0.4 is 10.1 Å². The van der Waals surface area contributed by atoms with Gasteiger partial charge in [0, 0.05) is 37.8 Å². The number of alkyl halides is 3. The zero-order valence-corrected chi connectivity index (χ0v) is 15.2. The predicted octanol–water partition coefficient (Wildman–Crippen LogP) is 3.80. The number of nitro benzene ring substituents is 1. The Morgan fingerprint density at radius 1 is 1.11 bits per heavy atom. The van der Waals surface area contributed by atoms with Crippen molar-refractivity contribution in [2.75, 3.05) is 26.2 Å². The van der Waals surface area contributed by atoms with Gasteiger partial charge in [-0.05, 0) is 30.2 Å². The maximum Gasteiger partial charge on any atom is 0.573 e. The van der Waals surface area contributed by atoms with Crippen LogP contribution in [0, 0.1) is 17.0 Å². The van der Waals surface area contributed by atoms with Crippen LogP contribution in [0.15, 0.2) is 42.5 Å². The molecule has 0 amide bonds. The highest BCUT2D eigenvalue weighted by molar-refractivity contribution is 5.46. The maximum absolute atomic E-state index is 12.4. The molecule has 0 aromatic heterocycles. The van der Waals surface area contributed by atoms with Crippen molar-refractivity contribution in [1.82, 2.24) is 10.2 Å². The fourth-order valence-corrected chi connectivity index (χ4v) is 3.40. The van der Waals surface area contributed by atoms with Crippen LogP contribution in [0.25, 0.3) is 0 Å². The molecule has 2 aromatic rings. The summed E-state index contributed by atoms with van der Waals surface area (Å²) in [6.07, 6.45) is -4.75. The summed E-state index contributed by atoms with van der Waals surface area (Å²) in [5.74, 6) is -0.301. The van der Waals surface area contributed by atoms with Gasteiger partial charge < -0.3 is 10.1 Å². The molecule has 150 valence electrons. The van der Waals surface area contributed by atoms with E-state index >= 15 is 0 Å². The summed E-state index contributed by atoms with van der Waals surface area (Å²) in [6.45, 7) is 4.63. The second-order valence-corrected chi connectivity index (χ2v) is 6.61. The molecule has 28 heavy (non-hydrogen) atoms. The Bertz CT molecular complexity index is 835. The van der Waals surface area contributed by atoms with E-state index in [9.17, 15) is 23.3 Å². The lowest BCUT2D eigenvalue weighted by Gasteiger charge is -2.35.